The van der Waals surface area contributed by atoms with E-state index < -0.39 is 0 Å². The summed E-state index contributed by atoms with van der Waals surface area (Å²) < 4.78 is 0. The summed E-state index contributed by atoms with van der Waals surface area (Å²) in [4.78, 5) is 0. The standard InChI is InChI=1S/C10H19N/c1-11-10-6-4-8-2-3-9(8)5-7-10/h8-11H,2-7H2,1H3. The van der Waals surface area contributed by atoms with E-state index in [-0.39, 0.29) is 0 Å². The van der Waals surface area contributed by atoms with Gasteiger partial charge in [-0.3, -0.25) is 0 Å². The Kier molecular flexibility index (Phi) is 2.17. The summed E-state index contributed by atoms with van der Waals surface area (Å²) in [5.41, 5.74) is 0. The lowest BCUT2D eigenvalue weighted by Gasteiger charge is -2.34. The molecule has 2 fully saturated rings. The van der Waals surface area contributed by atoms with E-state index in [1.807, 2.05) is 0 Å². The number of rotatable bonds is 1. The number of nitrogens with one attached hydrogen (secondary N) is 1. The zero-order chi connectivity index (χ0) is 7.68. The van der Waals surface area contributed by atoms with Gasteiger partial charge in [0.05, 0.1) is 0 Å². The fraction of sp³-hybridized carbons (Fsp3) is 1.00. The summed E-state index contributed by atoms with van der Waals surface area (Å²) in [6.07, 6.45) is 8.91. The monoisotopic (exact) mass is 153 g/mol. The van der Waals surface area contributed by atoms with Crippen molar-refractivity contribution in [2.45, 2.75) is 44.6 Å². The van der Waals surface area contributed by atoms with E-state index in [1.165, 1.54) is 38.5 Å². The second-order valence-corrected chi connectivity index (χ2v) is 4.24. The van der Waals surface area contributed by atoms with Crippen molar-refractivity contribution < 1.29 is 0 Å². The van der Waals surface area contributed by atoms with Crippen LogP contribution in [0.15, 0.2) is 0 Å². The first-order valence-corrected chi connectivity index (χ1v) is 5.07. The average molecular weight is 153 g/mol. The van der Waals surface area contributed by atoms with Crippen LogP contribution in [-0.4, -0.2) is 13.1 Å². The fourth-order valence-corrected chi connectivity index (χ4v) is 2.66. The van der Waals surface area contributed by atoms with Crippen LogP contribution in [0.1, 0.15) is 38.5 Å². The Balaban J connectivity index is 1.87. The van der Waals surface area contributed by atoms with Crippen LogP contribution in [0.2, 0.25) is 0 Å². The molecule has 2 rings (SSSR count). The molecule has 2 aliphatic carbocycles. The van der Waals surface area contributed by atoms with Crippen molar-refractivity contribution in [1.29, 1.82) is 0 Å². The molecule has 0 bridgehead atoms. The minimum atomic E-state index is 0.834. The van der Waals surface area contributed by atoms with Gasteiger partial charge in [0.2, 0.25) is 0 Å². The van der Waals surface area contributed by atoms with Crippen molar-refractivity contribution in [2.75, 3.05) is 7.05 Å². The van der Waals surface area contributed by atoms with Crippen LogP contribution in [-0.2, 0) is 0 Å². The van der Waals surface area contributed by atoms with Gasteiger partial charge in [-0.2, -0.15) is 0 Å². The highest BCUT2D eigenvalue weighted by molar-refractivity contribution is 4.86. The van der Waals surface area contributed by atoms with Crippen molar-refractivity contribution in [3.05, 3.63) is 0 Å². The Bertz CT molecular complexity index is 119. The number of fused-ring (bicyclic) bond motifs is 1. The van der Waals surface area contributed by atoms with Crippen molar-refractivity contribution in [3.63, 3.8) is 0 Å². The summed E-state index contributed by atoms with van der Waals surface area (Å²) >= 11 is 0. The summed E-state index contributed by atoms with van der Waals surface area (Å²) in [5, 5.41) is 3.41. The van der Waals surface area contributed by atoms with Crippen LogP contribution in [0.25, 0.3) is 0 Å². The topological polar surface area (TPSA) is 12.0 Å². The lowest BCUT2D eigenvalue weighted by atomic mass is 9.71. The van der Waals surface area contributed by atoms with Gasteiger partial charge in [-0.1, -0.05) is 0 Å². The second kappa shape index (κ2) is 3.14. The summed E-state index contributed by atoms with van der Waals surface area (Å²) in [7, 11) is 2.11. The second-order valence-electron chi connectivity index (χ2n) is 4.24. The van der Waals surface area contributed by atoms with Gasteiger partial charge in [0.25, 0.3) is 0 Å². The van der Waals surface area contributed by atoms with Crippen LogP contribution in [0, 0.1) is 11.8 Å². The Hall–Kier alpha value is -0.0400. The highest BCUT2D eigenvalue weighted by Gasteiger charge is 2.33. The minimum absolute atomic E-state index is 0.834. The van der Waals surface area contributed by atoms with Crippen molar-refractivity contribution >= 4 is 0 Å². The van der Waals surface area contributed by atoms with E-state index in [4.69, 9.17) is 0 Å². The molecule has 2 unspecified atom stereocenters. The van der Waals surface area contributed by atoms with Crippen LogP contribution >= 0.6 is 0 Å². The SMILES string of the molecule is CNC1CCC2CCC2CC1. The maximum Gasteiger partial charge on any atom is 0.00642 e. The van der Waals surface area contributed by atoms with Gasteiger partial charge >= 0.3 is 0 Å². The smallest absolute Gasteiger partial charge is 0.00642 e. The molecule has 64 valence electrons. The molecule has 0 aromatic heterocycles. The third-order valence-corrected chi connectivity index (χ3v) is 3.76. The molecule has 0 aromatic carbocycles. The van der Waals surface area contributed by atoms with Crippen LogP contribution < -0.4 is 5.32 Å². The van der Waals surface area contributed by atoms with Crippen molar-refractivity contribution in [2.24, 2.45) is 11.8 Å². The zero-order valence-electron chi connectivity index (χ0n) is 7.47. The molecule has 1 heteroatoms. The first-order valence-electron chi connectivity index (χ1n) is 5.07. The van der Waals surface area contributed by atoms with Gasteiger partial charge in [0, 0.05) is 6.04 Å². The van der Waals surface area contributed by atoms with E-state index in [9.17, 15) is 0 Å². The zero-order valence-corrected chi connectivity index (χ0v) is 7.47. The molecule has 2 aliphatic rings. The predicted molar refractivity (Wildman–Crippen MR) is 47.5 cm³/mol. The Labute approximate surface area is 69.6 Å². The summed E-state index contributed by atoms with van der Waals surface area (Å²) in [6.45, 7) is 0. The third kappa shape index (κ3) is 1.44. The predicted octanol–water partition coefficient (Wildman–Crippen LogP) is 2.17. The Morgan fingerprint density at radius 1 is 0.818 bits per heavy atom. The minimum Gasteiger partial charge on any atom is -0.317 e. The van der Waals surface area contributed by atoms with Gasteiger partial charge in [0.1, 0.15) is 0 Å². The Morgan fingerprint density at radius 2 is 1.27 bits per heavy atom. The van der Waals surface area contributed by atoms with Gasteiger partial charge in [-0.15, -0.1) is 0 Å². The highest BCUT2D eigenvalue weighted by Crippen LogP contribution is 2.43. The van der Waals surface area contributed by atoms with Crippen LogP contribution in [0.4, 0.5) is 0 Å². The van der Waals surface area contributed by atoms with Gasteiger partial charge in [0.15, 0.2) is 0 Å². The van der Waals surface area contributed by atoms with Crippen molar-refractivity contribution in [3.8, 4) is 0 Å². The lowest BCUT2D eigenvalue weighted by Crippen LogP contribution is -2.23. The summed E-state index contributed by atoms with van der Waals surface area (Å²) in [6, 6.07) is 0.834. The van der Waals surface area contributed by atoms with E-state index in [2.05, 4.69) is 12.4 Å². The quantitative estimate of drug-likeness (QED) is 0.609. The molecule has 0 heterocycles. The van der Waals surface area contributed by atoms with E-state index in [0.29, 0.717) is 0 Å². The maximum atomic E-state index is 3.41. The molecule has 2 atom stereocenters. The molecule has 2 saturated carbocycles. The molecule has 0 aliphatic heterocycles. The molecule has 1 N–H and O–H groups in total. The average Bonchev–Trinajstić information content (AvgIpc) is 2.11. The fourth-order valence-electron chi connectivity index (χ4n) is 2.66. The normalized spacial score (nSPS) is 43.9. The lowest BCUT2D eigenvalue weighted by molar-refractivity contribution is 0.165. The Morgan fingerprint density at radius 3 is 1.64 bits per heavy atom. The molecular weight excluding hydrogens is 134 g/mol. The molecule has 0 aromatic rings. The van der Waals surface area contributed by atoms with E-state index in [1.54, 1.807) is 0 Å². The molecule has 1 nitrogen and oxygen atoms in total. The highest BCUT2D eigenvalue weighted by atomic mass is 14.9. The van der Waals surface area contributed by atoms with Gasteiger partial charge < -0.3 is 5.32 Å². The molecule has 11 heavy (non-hydrogen) atoms. The first-order chi connectivity index (χ1) is 5.40. The van der Waals surface area contributed by atoms with Gasteiger partial charge in [-0.05, 0) is 57.4 Å². The molecule has 0 radical (unpaired) electrons. The largest absolute Gasteiger partial charge is 0.317 e. The number of hydrogen-bond donors (Lipinski definition) is 1. The molecular formula is C10H19N. The number of hydrogen-bond acceptors (Lipinski definition) is 1. The molecule has 0 amide bonds. The third-order valence-electron chi connectivity index (χ3n) is 3.76. The van der Waals surface area contributed by atoms with E-state index in [0.717, 1.165) is 17.9 Å². The van der Waals surface area contributed by atoms with Gasteiger partial charge in [-0.25, -0.2) is 0 Å². The first kappa shape index (κ1) is 7.60. The molecule has 0 saturated heterocycles. The molecule has 0 spiro atoms. The van der Waals surface area contributed by atoms with Crippen molar-refractivity contribution in [1.82, 2.24) is 5.32 Å². The maximum absolute atomic E-state index is 3.41. The van der Waals surface area contributed by atoms with Crippen LogP contribution in [0.5, 0.6) is 0 Å². The summed E-state index contributed by atoms with van der Waals surface area (Å²) in [5.74, 6) is 2.24. The van der Waals surface area contributed by atoms with E-state index >= 15 is 0 Å². The van der Waals surface area contributed by atoms with Crippen LogP contribution in [0.3, 0.4) is 0 Å².